The van der Waals surface area contributed by atoms with Gasteiger partial charge in [0.1, 0.15) is 16.8 Å². The van der Waals surface area contributed by atoms with E-state index in [1.807, 2.05) is 0 Å². The van der Waals surface area contributed by atoms with E-state index in [1.54, 1.807) is 48.5 Å². The van der Waals surface area contributed by atoms with Crippen LogP contribution in [0, 0.1) is 22.7 Å². The number of hydrogen-bond acceptors (Lipinski definition) is 4. The van der Waals surface area contributed by atoms with Crippen LogP contribution in [0.1, 0.15) is 11.1 Å². The molecule has 2 aromatic carbocycles. The van der Waals surface area contributed by atoms with Crippen LogP contribution in [0.5, 0.6) is 0 Å². The fraction of sp³-hybridized carbons (Fsp3) is 0.0500. The van der Waals surface area contributed by atoms with Crippen LogP contribution in [0.25, 0.3) is 17.3 Å². The number of rotatable bonds is 2. The number of thiazole rings is 1. The van der Waals surface area contributed by atoms with Gasteiger partial charge in [-0.3, -0.25) is 9.36 Å². The minimum Gasteiger partial charge on any atom is -0.267 e. The second-order valence-corrected chi connectivity index (χ2v) is 6.64. The van der Waals surface area contributed by atoms with E-state index in [2.05, 4.69) is 0 Å². The van der Waals surface area contributed by atoms with Gasteiger partial charge in [-0.25, -0.2) is 0 Å². The molecular formula is C20H10F3N3OS. The highest BCUT2D eigenvalue weighted by molar-refractivity contribution is 7.07. The third-order valence-corrected chi connectivity index (χ3v) is 4.88. The number of benzene rings is 2. The molecule has 0 aliphatic heterocycles. The zero-order chi connectivity index (χ0) is 20.3. The smallest absolute Gasteiger partial charge is 0.267 e. The average Bonchev–Trinajstić information content (AvgIpc) is 2.99. The first kappa shape index (κ1) is 19.2. The fourth-order valence-corrected chi connectivity index (χ4v) is 3.58. The maximum absolute atomic E-state index is 13.1. The summed E-state index contributed by atoms with van der Waals surface area (Å²) in [5.74, 6) is 0. The van der Waals surface area contributed by atoms with E-state index >= 15 is 0 Å². The molecule has 0 saturated heterocycles. The number of aromatic nitrogens is 1. The van der Waals surface area contributed by atoms with E-state index < -0.39 is 17.3 Å². The molecule has 0 aliphatic rings. The van der Waals surface area contributed by atoms with Gasteiger partial charge in [0.05, 0.1) is 15.8 Å². The lowest BCUT2D eigenvalue weighted by Gasteiger charge is -2.09. The molecule has 0 amide bonds. The quantitative estimate of drug-likeness (QED) is 0.668. The predicted octanol–water partition coefficient (Wildman–Crippen LogP) is 2.94. The molecule has 0 N–H and O–H groups in total. The van der Waals surface area contributed by atoms with Crippen molar-refractivity contribution in [2.24, 2.45) is 0 Å². The van der Waals surface area contributed by atoms with Crippen molar-refractivity contribution in [2.75, 3.05) is 0 Å². The fourth-order valence-electron chi connectivity index (χ4n) is 2.53. The van der Waals surface area contributed by atoms with Crippen LogP contribution in [0.2, 0.25) is 0 Å². The van der Waals surface area contributed by atoms with Gasteiger partial charge in [-0.15, -0.1) is 11.3 Å². The molecule has 0 atom stereocenters. The molecule has 138 valence electrons. The Morgan fingerprint density at radius 2 is 1.71 bits per heavy atom. The molecule has 28 heavy (non-hydrogen) atoms. The first-order valence-corrected chi connectivity index (χ1v) is 8.67. The summed E-state index contributed by atoms with van der Waals surface area (Å²) in [5, 5.41) is 18.4. The van der Waals surface area contributed by atoms with E-state index in [0.29, 0.717) is 5.56 Å². The molecule has 1 heterocycles. The second-order valence-electron chi connectivity index (χ2n) is 5.61. The van der Waals surface area contributed by atoms with Crippen molar-refractivity contribution in [2.45, 2.75) is 6.18 Å². The van der Waals surface area contributed by atoms with Crippen LogP contribution in [-0.2, 0) is 6.18 Å². The summed E-state index contributed by atoms with van der Waals surface area (Å²) in [6, 6.07) is 16.5. The lowest BCUT2D eigenvalue weighted by Crippen LogP contribution is -2.30. The predicted molar refractivity (Wildman–Crippen MR) is 98.8 cm³/mol. The number of nitrogens with zero attached hydrogens (tertiary/aromatic N) is 3. The highest BCUT2D eigenvalue weighted by Crippen LogP contribution is 2.29. The molecule has 0 radical (unpaired) electrons. The van der Waals surface area contributed by atoms with Crippen molar-refractivity contribution < 1.29 is 13.2 Å². The Morgan fingerprint density at radius 1 is 1.04 bits per heavy atom. The monoisotopic (exact) mass is 397 g/mol. The van der Waals surface area contributed by atoms with Gasteiger partial charge in [0.25, 0.3) is 5.56 Å². The molecule has 0 spiro atoms. The van der Waals surface area contributed by atoms with Gasteiger partial charge in [-0.05, 0) is 29.8 Å². The lowest BCUT2D eigenvalue weighted by molar-refractivity contribution is -0.137. The van der Waals surface area contributed by atoms with E-state index in [-0.39, 0.29) is 20.5 Å². The van der Waals surface area contributed by atoms with Crippen molar-refractivity contribution in [3.05, 3.63) is 85.3 Å². The molecular weight excluding hydrogens is 387 g/mol. The number of halogens is 3. The Hall–Kier alpha value is -3.62. The third-order valence-electron chi connectivity index (χ3n) is 3.79. The molecule has 1 aromatic heterocycles. The topological polar surface area (TPSA) is 69.6 Å². The average molecular weight is 397 g/mol. The standard InChI is InChI=1S/C20H10F3N3OS/c21-20(22,23)15-7-4-8-16(10-15)26-18(27)17(9-13-5-2-1-3-6-13)28-19(26)14(11-24)12-25/h1-10H/b17-9+. The van der Waals surface area contributed by atoms with Crippen LogP contribution >= 0.6 is 11.3 Å². The lowest BCUT2D eigenvalue weighted by atomic mass is 10.2. The van der Waals surface area contributed by atoms with E-state index in [0.717, 1.165) is 28.0 Å². The third kappa shape index (κ3) is 3.73. The van der Waals surface area contributed by atoms with E-state index in [9.17, 15) is 28.5 Å². The second kappa shape index (κ2) is 7.55. The highest BCUT2D eigenvalue weighted by atomic mass is 32.1. The summed E-state index contributed by atoms with van der Waals surface area (Å²) >= 11 is 0.878. The molecule has 4 nitrogen and oxygen atoms in total. The Balaban J connectivity index is 2.39. The Morgan fingerprint density at radius 3 is 2.32 bits per heavy atom. The summed E-state index contributed by atoms with van der Waals surface area (Å²) in [4.78, 5) is 12.9. The Kier molecular flexibility index (Phi) is 5.16. The number of nitriles is 2. The molecule has 0 aliphatic carbocycles. The first-order chi connectivity index (χ1) is 13.3. The minimum atomic E-state index is -4.59. The summed E-state index contributed by atoms with van der Waals surface area (Å²) in [6.45, 7) is 0. The number of hydrogen-bond donors (Lipinski definition) is 0. The van der Waals surface area contributed by atoms with Crippen LogP contribution in [0.4, 0.5) is 13.2 Å². The first-order valence-electron chi connectivity index (χ1n) is 7.86. The van der Waals surface area contributed by atoms with Gasteiger partial charge >= 0.3 is 6.18 Å². The summed E-state index contributed by atoms with van der Waals surface area (Å²) in [5.41, 5.74) is -1.25. The van der Waals surface area contributed by atoms with Crippen molar-refractivity contribution in [3.63, 3.8) is 0 Å². The van der Waals surface area contributed by atoms with E-state index in [1.165, 1.54) is 12.1 Å². The maximum atomic E-state index is 13.1. The van der Waals surface area contributed by atoms with Crippen molar-refractivity contribution in [1.82, 2.24) is 4.57 Å². The summed E-state index contributed by atoms with van der Waals surface area (Å²) in [6.07, 6.45) is -3.03. The van der Waals surface area contributed by atoms with Gasteiger partial charge in [-0.2, -0.15) is 23.7 Å². The Bertz CT molecular complexity index is 1270. The van der Waals surface area contributed by atoms with Gasteiger partial charge in [0, 0.05) is 0 Å². The van der Waals surface area contributed by atoms with Crippen LogP contribution in [-0.4, -0.2) is 4.57 Å². The molecule has 3 aromatic rings. The zero-order valence-corrected chi connectivity index (χ0v) is 14.9. The van der Waals surface area contributed by atoms with E-state index in [4.69, 9.17) is 0 Å². The van der Waals surface area contributed by atoms with Crippen LogP contribution in [0.15, 0.2) is 59.4 Å². The van der Waals surface area contributed by atoms with Gasteiger partial charge in [-0.1, -0.05) is 36.4 Å². The summed E-state index contributed by atoms with van der Waals surface area (Å²) in [7, 11) is 0. The van der Waals surface area contributed by atoms with Crippen LogP contribution in [0.3, 0.4) is 0 Å². The highest BCUT2D eigenvalue weighted by Gasteiger charge is 2.30. The molecule has 0 saturated carbocycles. The van der Waals surface area contributed by atoms with Gasteiger partial charge in [0.15, 0.2) is 5.57 Å². The van der Waals surface area contributed by atoms with Gasteiger partial charge < -0.3 is 0 Å². The number of alkyl halides is 3. The van der Waals surface area contributed by atoms with Crippen LogP contribution < -0.4 is 14.8 Å². The molecule has 3 rings (SSSR count). The SMILES string of the molecule is N#CC(C#N)=c1s/c(=C/c2ccccc2)c(=O)n1-c1cccc(C(F)(F)F)c1. The Labute approximate surface area is 161 Å². The van der Waals surface area contributed by atoms with Crippen molar-refractivity contribution >= 4 is 23.0 Å². The molecule has 0 fully saturated rings. The summed E-state index contributed by atoms with van der Waals surface area (Å²) < 4.78 is 40.3. The zero-order valence-electron chi connectivity index (χ0n) is 14.1. The van der Waals surface area contributed by atoms with Gasteiger partial charge in [0.2, 0.25) is 0 Å². The molecule has 0 bridgehead atoms. The van der Waals surface area contributed by atoms with Crippen molar-refractivity contribution in [3.8, 4) is 17.8 Å². The largest absolute Gasteiger partial charge is 0.416 e. The van der Waals surface area contributed by atoms with Crippen molar-refractivity contribution in [1.29, 1.82) is 10.5 Å². The molecule has 0 unspecified atom stereocenters. The normalized spacial score (nSPS) is 11.7. The minimum absolute atomic E-state index is 0.0171. The molecule has 8 heteroatoms. The maximum Gasteiger partial charge on any atom is 0.416 e.